The molecular formula is C21H24FNO5. The lowest BCUT2D eigenvalue weighted by Crippen LogP contribution is -2.45. The first-order chi connectivity index (χ1) is 13.3. The molecule has 0 aromatic heterocycles. The van der Waals surface area contributed by atoms with Crippen molar-refractivity contribution in [3.8, 4) is 5.75 Å². The second kappa shape index (κ2) is 7.75. The van der Waals surface area contributed by atoms with Crippen molar-refractivity contribution in [2.45, 2.75) is 31.8 Å². The first-order valence-corrected chi connectivity index (χ1v) is 9.12. The summed E-state index contributed by atoms with van der Waals surface area (Å²) < 4.78 is 31.2. The van der Waals surface area contributed by atoms with E-state index < -0.39 is 17.3 Å². The molecule has 0 bridgehead atoms. The number of methoxy groups -OCH3 is 1. The third kappa shape index (κ3) is 3.42. The molecule has 7 heteroatoms. The zero-order valence-corrected chi connectivity index (χ0v) is 16.0. The van der Waals surface area contributed by atoms with E-state index in [-0.39, 0.29) is 42.1 Å². The van der Waals surface area contributed by atoms with Gasteiger partial charge in [-0.05, 0) is 36.8 Å². The van der Waals surface area contributed by atoms with Gasteiger partial charge in [-0.2, -0.15) is 0 Å². The molecule has 0 radical (unpaired) electrons. The number of hydrogen-bond donors (Lipinski definition) is 1. The lowest BCUT2D eigenvalue weighted by atomic mass is 9.71. The van der Waals surface area contributed by atoms with Gasteiger partial charge in [-0.25, -0.2) is 4.39 Å². The van der Waals surface area contributed by atoms with Crippen LogP contribution in [0.3, 0.4) is 0 Å². The highest BCUT2D eigenvalue weighted by molar-refractivity contribution is 5.96. The van der Waals surface area contributed by atoms with E-state index in [1.165, 1.54) is 19.3 Å². The van der Waals surface area contributed by atoms with E-state index in [9.17, 15) is 14.0 Å². The molecule has 1 aromatic rings. The van der Waals surface area contributed by atoms with Crippen LogP contribution in [0.1, 0.15) is 35.7 Å². The predicted molar refractivity (Wildman–Crippen MR) is 100 cm³/mol. The van der Waals surface area contributed by atoms with Gasteiger partial charge in [0.1, 0.15) is 22.9 Å². The third-order valence-corrected chi connectivity index (χ3v) is 5.58. The van der Waals surface area contributed by atoms with Gasteiger partial charge in [-0.15, -0.1) is 6.58 Å². The van der Waals surface area contributed by atoms with Gasteiger partial charge in [0.15, 0.2) is 12.6 Å². The Morgan fingerprint density at radius 1 is 1.54 bits per heavy atom. The number of allylic oxidation sites excluding steroid dienone is 2. The van der Waals surface area contributed by atoms with Crippen LogP contribution in [0.25, 0.3) is 0 Å². The van der Waals surface area contributed by atoms with Crippen molar-refractivity contribution >= 4 is 11.7 Å². The number of carbonyl (C=O) groups is 2. The number of nitrogens with two attached hydrogens (primary N) is 1. The Balaban J connectivity index is 1.94. The van der Waals surface area contributed by atoms with Crippen molar-refractivity contribution in [1.82, 2.24) is 0 Å². The highest BCUT2D eigenvalue weighted by Crippen LogP contribution is 2.46. The summed E-state index contributed by atoms with van der Waals surface area (Å²) >= 11 is 0. The molecule has 1 fully saturated rings. The minimum absolute atomic E-state index is 0.0186. The molecule has 28 heavy (non-hydrogen) atoms. The van der Waals surface area contributed by atoms with Crippen molar-refractivity contribution in [3.05, 3.63) is 53.6 Å². The lowest BCUT2D eigenvalue weighted by Gasteiger charge is -2.38. The molecule has 1 unspecified atom stereocenters. The Kier molecular flexibility index (Phi) is 5.56. The number of primary amides is 1. The molecule has 1 aromatic carbocycles. The second-order valence-corrected chi connectivity index (χ2v) is 7.25. The molecule has 0 saturated carbocycles. The van der Waals surface area contributed by atoms with Crippen molar-refractivity contribution in [2.24, 2.45) is 17.6 Å². The van der Waals surface area contributed by atoms with Gasteiger partial charge in [0.05, 0.1) is 12.7 Å². The first kappa shape index (κ1) is 20.1. The Bertz CT molecular complexity index is 849. The van der Waals surface area contributed by atoms with E-state index in [4.69, 9.17) is 19.9 Å². The number of fused-ring (bicyclic) bond motifs is 1. The topological polar surface area (TPSA) is 87.9 Å². The molecule has 1 heterocycles. The largest absolute Gasteiger partial charge is 0.496 e. The molecule has 1 aliphatic heterocycles. The van der Waals surface area contributed by atoms with Crippen molar-refractivity contribution in [3.63, 3.8) is 0 Å². The van der Waals surface area contributed by atoms with Crippen LogP contribution >= 0.6 is 0 Å². The summed E-state index contributed by atoms with van der Waals surface area (Å²) in [6.45, 7) is 5.67. The van der Waals surface area contributed by atoms with Crippen LogP contribution in [-0.2, 0) is 20.7 Å². The zero-order chi connectivity index (χ0) is 20.5. The van der Waals surface area contributed by atoms with Crippen LogP contribution in [0.4, 0.5) is 4.39 Å². The molecule has 6 nitrogen and oxygen atoms in total. The SMILES string of the molecule is C=CC[C@H]1C[C@]2(C(C)Cc3cc(C(N)=O)c(OC)cc3F)OCOC2=CC1=O. The third-order valence-electron chi connectivity index (χ3n) is 5.58. The van der Waals surface area contributed by atoms with Crippen molar-refractivity contribution in [1.29, 1.82) is 0 Å². The van der Waals surface area contributed by atoms with Crippen LogP contribution in [0, 0.1) is 17.7 Å². The van der Waals surface area contributed by atoms with Gasteiger partial charge in [-0.3, -0.25) is 9.59 Å². The first-order valence-electron chi connectivity index (χ1n) is 9.12. The molecule has 2 N–H and O–H groups in total. The normalized spacial score (nSPS) is 24.8. The highest BCUT2D eigenvalue weighted by atomic mass is 19.1. The van der Waals surface area contributed by atoms with E-state index in [2.05, 4.69) is 6.58 Å². The fourth-order valence-corrected chi connectivity index (χ4v) is 4.03. The van der Waals surface area contributed by atoms with Gasteiger partial charge >= 0.3 is 0 Å². The lowest BCUT2D eigenvalue weighted by molar-refractivity contribution is -0.123. The Morgan fingerprint density at radius 2 is 2.29 bits per heavy atom. The smallest absolute Gasteiger partial charge is 0.252 e. The summed E-state index contributed by atoms with van der Waals surface area (Å²) in [7, 11) is 1.35. The second-order valence-electron chi connectivity index (χ2n) is 7.25. The number of ether oxygens (including phenoxy) is 3. The zero-order valence-electron chi connectivity index (χ0n) is 16.0. The van der Waals surface area contributed by atoms with Gasteiger partial charge in [-0.1, -0.05) is 13.0 Å². The molecular weight excluding hydrogens is 365 g/mol. The quantitative estimate of drug-likeness (QED) is 0.725. The average molecular weight is 389 g/mol. The van der Waals surface area contributed by atoms with E-state index >= 15 is 0 Å². The minimum Gasteiger partial charge on any atom is -0.496 e. The summed E-state index contributed by atoms with van der Waals surface area (Å²) in [5, 5.41) is 0. The van der Waals surface area contributed by atoms with Gasteiger partial charge in [0.2, 0.25) is 0 Å². The van der Waals surface area contributed by atoms with Crippen molar-refractivity contribution in [2.75, 3.05) is 13.9 Å². The summed E-state index contributed by atoms with van der Waals surface area (Å²) in [5.41, 5.74) is 5.01. The van der Waals surface area contributed by atoms with Crippen molar-refractivity contribution < 1.29 is 28.2 Å². The van der Waals surface area contributed by atoms with E-state index in [0.29, 0.717) is 24.2 Å². The molecule has 3 atom stereocenters. The summed E-state index contributed by atoms with van der Waals surface area (Å²) in [6, 6.07) is 2.57. The number of carbonyl (C=O) groups excluding carboxylic acids is 2. The van der Waals surface area contributed by atoms with Crippen LogP contribution in [0.15, 0.2) is 36.6 Å². The van der Waals surface area contributed by atoms with E-state index in [1.54, 1.807) is 6.08 Å². The minimum atomic E-state index is -0.819. The van der Waals surface area contributed by atoms with Crippen LogP contribution in [0.5, 0.6) is 5.75 Å². The van der Waals surface area contributed by atoms with E-state index in [1.807, 2.05) is 6.92 Å². The Hall–Kier alpha value is -2.67. The maximum Gasteiger partial charge on any atom is 0.252 e. The number of benzene rings is 1. The molecule has 150 valence electrons. The average Bonchev–Trinajstić information content (AvgIpc) is 3.07. The van der Waals surface area contributed by atoms with E-state index in [0.717, 1.165) is 6.07 Å². The monoisotopic (exact) mass is 389 g/mol. The van der Waals surface area contributed by atoms with Crippen LogP contribution in [-0.4, -0.2) is 31.2 Å². The Morgan fingerprint density at radius 3 is 2.93 bits per heavy atom. The highest BCUT2D eigenvalue weighted by Gasteiger charge is 2.51. The van der Waals surface area contributed by atoms with Gasteiger partial charge in [0.25, 0.3) is 5.91 Å². The number of halogens is 1. The standard InChI is InChI=1S/C21H24FNO5/c1-4-5-13-10-21(19(9-17(13)24)27-11-28-21)12(2)6-14-7-15(20(23)25)18(26-3)8-16(14)22/h4,7-9,12-13H,1,5-6,10-11H2,2-3H3,(H2,23,25)/t12?,13-,21+/m0/s1. The number of amides is 1. The van der Waals surface area contributed by atoms with Crippen LogP contribution in [0.2, 0.25) is 0 Å². The fourth-order valence-electron chi connectivity index (χ4n) is 4.03. The summed E-state index contributed by atoms with van der Waals surface area (Å²) in [6.07, 6.45) is 4.43. The van der Waals surface area contributed by atoms with Gasteiger partial charge in [0, 0.05) is 18.1 Å². The molecule has 1 aliphatic carbocycles. The van der Waals surface area contributed by atoms with Crippen LogP contribution < -0.4 is 10.5 Å². The maximum absolute atomic E-state index is 14.6. The molecule has 3 rings (SSSR count). The molecule has 1 saturated heterocycles. The molecule has 1 amide bonds. The summed E-state index contributed by atoms with van der Waals surface area (Å²) in [5.74, 6) is -1.11. The molecule has 2 aliphatic rings. The fraction of sp³-hybridized carbons (Fsp3) is 0.429. The van der Waals surface area contributed by atoms with Gasteiger partial charge < -0.3 is 19.9 Å². The maximum atomic E-state index is 14.6. The molecule has 0 spiro atoms. The number of ketones is 1. The number of rotatable bonds is 7. The predicted octanol–water partition coefficient (Wildman–Crippen LogP) is 2.90. The number of hydrogen-bond acceptors (Lipinski definition) is 5. The summed E-state index contributed by atoms with van der Waals surface area (Å²) in [4.78, 5) is 24.0. The Labute approximate surface area is 163 Å².